The van der Waals surface area contributed by atoms with Crippen molar-refractivity contribution in [3.8, 4) is 64.4 Å². The Morgan fingerprint density at radius 3 is 1.07 bits per heavy atom. The largest absolute Gasteiger partial charge is 0.508 e. The zero-order chi connectivity index (χ0) is 87.6. The summed E-state index contributed by atoms with van der Waals surface area (Å²) in [7, 11) is 6.37. The first-order valence-electron chi connectivity index (χ1n) is 34.0. The van der Waals surface area contributed by atoms with Gasteiger partial charge in [0.15, 0.2) is 31.4 Å². The van der Waals surface area contributed by atoms with Crippen LogP contribution in [-0.4, -0.2) is 126 Å². The van der Waals surface area contributed by atoms with Crippen molar-refractivity contribution in [3.63, 3.8) is 0 Å². The van der Waals surface area contributed by atoms with Gasteiger partial charge in [-0.2, -0.15) is 15.5 Å². The summed E-state index contributed by atoms with van der Waals surface area (Å²) in [6.45, 7) is 36.8. The van der Waals surface area contributed by atoms with E-state index in [-0.39, 0.29) is 87.4 Å². The first-order chi connectivity index (χ1) is 55.7. The highest BCUT2D eigenvalue weighted by Crippen LogP contribution is 2.44. The molecule has 26 nitrogen and oxygen atoms in total. The monoisotopic (exact) mass is 2020 g/mol. The Bertz CT molecular complexity index is 5510. The first kappa shape index (κ1) is 102. The molecular weight excluding hydrogens is 1950 g/mol. The molecule has 5 aromatic carbocycles. The number of hydrogen-bond acceptors (Lipinski definition) is 23. The third kappa shape index (κ3) is 29.0. The number of nitrogens with zero attached hydrogens (tertiary/aromatic N) is 12. The van der Waals surface area contributed by atoms with Gasteiger partial charge in [0, 0.05) is 78.4 Å². The molecule has 0 amide bonds. The van der Waals surface area contributed by atoms with Crippen molar-refractivity contribution < 1.29 is 66.6 Å². The van der Waals surface area contributed by atoms with Crippen molar-refractivity contribution in [2.45, 2.75) is 92.6 Å². The second-order valence-corrected chi connectivity index (χ2v) is 32.2. The molecule has 5 aromatic heterocycles. The van der Waals surface area contributed by atoms with Crippen molar-refractivity contribution in [2.24, 2.45) is 0 Å². The summed E-state index contributed by atoms with van der Waals surface area (Å²) in [4.78, 5) is 87.2. The van der Waals surface area contributed by atoms with E-state index in [4.69, 9.17) is 119 Å². The zero-order valence-electron chi connectivity index (χ0n) is 64.5. The molecule has 0 atom stereocenters. The Kier molecular flexibility index (Phi) is 40.1. The van der Waals surface area contributed by atoms with Gasteiger partial charge in [0.2, 0.25) is 40.6 Å². The normalized spacial score (nSPS) is 12.8. The van der Waals surface area contributed by atoms with Crippen LogP contribution in [0.15, 0.2) is 174 Å². The number of aldehydes is 5. The fraction of sp³-hybridized carbons (Fsp3) is 0.217. The van der Waals surface area contributed by atoms with E-state index < -0.39 is 14.0 Å². The minimum atomic E-state index is -0.476. The van der Waals surface area contributed by atoms with Crippen LogP contribution in [0, 0.1) is 42.4 Å². The molecular formula is C83H75B2Br5Cl4N12O14. The number of phenolic OH excluding ortho intramolecular Hbond substituents is 1. The van der Waals surface area contributed by atoms with E-state index >= 15 is 0 Å². The number of benzene rings is 5. The van der Waals surface area contributed by atoms with E-state index in [0.717, 1.165) is 18.9 Å². The SMILES string of the molecule is C.C.CC1(C)OB(B2OC(C)(C)C(C)(C)O2)OC1(C)C.CN(C)c1ccc(C#N)c(Oc2ccc(Br)c(C=O)c2)n1.N#Cc1ccc(Cl)nc1Oc1ccc(Br)c(C=O)c1.O=Cc1cc(O)ccc1Br.[C-]#[N+]c1ccc(Cl)nc1Cl.[C-]#[N+]c1ccc(Oc2ccc(Br)c(C=O)c2)nc1Cl.[C-]#[N+]c1ccc(Oc2ccc(Br)c(C=O)c2)nc1N(C)C. The molecule has 0 bridgehead atoms. The van der Waals surface area contributed by atoms with Gasteiger partial charge < -0.3 is 52.5 Å². The van der Waals surface area contributed by atoms with Crippen LogP contribution in [0.3, 0.4) is 0 Å². The lowest BCUT2D eigenvalue weighted by Crippen LogP contribution is -2.41. The number of carbonyl (C=O) groups is 5. The summed E-state index contributed by atoms with van der Waals surface area (Å²) < 4.78 is 49.5. The Morgan fingerprint density at radius 1 is 0.417 bits per heavy atom. The van der Waals surface area contributed by atoms with Gasteiger partial charge in [0.05, 0.1) is 42.1 Å². The smallest absolute Gasteiger partial charge is 0.488 e. The van der Waals surface area contributed by atoms with E-state index in [1.54, 1.807) is 114 Å². The van der Waals surface area contributed by atoms with Crippen LogP contribution in [-0.2, 0) is 18.6 Å². The standard InChI is InChI=1S/2C15H12BrN3O2.2C13H6BrClN2O2.C12H24B2O4.C7H5BrO2.C6H2Cl2N2.2CH4/c1-17-13-6-7-14(18-15(13)19(2)3)21-11-4-5-12(16)10(8-11)9-20;1-19(2)14-6-3-10(8-17)15(18-14)21-12-4-5-13(16)11(7-12)9-20;1-16-11-4-5-12(17-13(11)15)19-9-2-3-10(14)8(6-9)7-18;14-11-3-2-10(5-9(11)7-18)19-13-8(6-16)1-4-12(15)17-13;1-9(2)10(3,4)16-13(15-9)14-17-11(5,6)12(7,8)18-14;8-7-2-1-6(10)3-5(7)4-9;1-9-4-2-3-5(7)10-6(4)8;;/h4-9H,2-3H3;3-7,9H,1-2H3;2-7H;1-5,7H;1-8H3;1-4,10H;2-3H;2*1H4. The number of nitriles is 2. The fourth-order valence-corrected chi connectivity index (χ4v) is 11.6. The minimum Gasteiger partial charge on any atom is -0.508 e. The summed E-state index contributed by atoms with van der Waals surface area (Å²) >= 11 is 38.8. The minimum absolute atomic E-state index is 0. The van der Waals surface area contributed by atoms with E-state index in [0.29, 0.717) is 125 Å². The van der Waals surface area contributed by atoms with E-state index in [9.17, 15) is 24.0 Å². The molecule has 0 radical (unpaired) electrons. The van der Waals surface area contributed by atoms with Crippen molar-refractivity contribution in [1.82, 2.24) is 24.9 Å². The maximum atomic E-state index is 10.9. The molecule has 2 saturated heterocycles. The number of aromatic nitrogens is 5. The zero-order valence-corrected chi connectivity index (χ0v) is 75.5. The third-order valence-corrected chi connectivity index (χ3v) is 21.3. The maximum absolute atomic E-state index is 10.9. The maximum Gasteiger partial charge on any atom is 0.488 e. The van der Waals surface area contributed by atoms with Crippen molar-refractivity contribution >= 4 is 200 Å². The molecule has 0 saturated carbocycles. The van der Waals surface area contributed by atoms with Crippen LogP contribution in [0.4, 0.5) is 28.7 Å². The average Bonchev–Trinajstić information content (AvgIpc) is 1.59. The molecule has 620 valence electrons. The molecule has 2 aliphatic rings. The summed E-state index contributed by atoms with van der Waals surface area (Å²) in [6, 6.07) is 44.3. The van der Waals surface area contributed by atoms with Gasteiger partial charge in [0.1, 0.15) is 84.3 Å². The van der Waals surface area contributed by atoms with Gasteiger partial charge in [-0.25, -0.2) is 34.5 Å². The molecule has 10 aromatic rings. The quantitative estimate of drug-likeness (QED) is 0.0406. The van der Waals surface area contributed by atoms with Crippen molar-refractivity contribution in [3.05, 3.63) is 268 Å². The second-order valence-electron chi connectivity index (χ2n) is 26.4. The highest BCUT2D eigenvalue weighted by molar-refractivity contribution is 9.11. The van der Waals surface area contributed by atoms with Crippen LogP contribution in [0.2, 0.25) is 20.6 Å². The molecule has 1 N–H and O–H groups in total. The molecule has 0 spiro atoms. The van der Waals surface area contributed by atoms with E-state index in [1.807, 2.05) is 101 Å². The number of halogens is 9. The first-order valence-corrected chi connectivity index (χ1v) is 39.5. The number of phenols is 1. The number of hydrogen-bond donors (Lipinski definition) is 1. The topological polar surface area (TPSA) is 311 Å². The Labute approximate surface area is 758 Å². The number of anilines is 2. The summed E-state index contributed by atoms with van der Waals surface area (Å²) in [5.41, 5.74) is 2.54. The second kappa shape index (κ2) is 47.1. The summed E-state index contributed by atoms with van der Waals surface area (Å²) in [6.07, 6.45) is 3.58. The lowest BCUT2D eigenvalue weighted by molar-refractivity contribution is 0.00578. The lowest BCUT2D eigenvalue weighted by Gasteiger charge is -2.32. The molecule has 7 heterocycles. The van der Waals surface area contributed by atoms with Gasteiger partial charge in [-0.05, 0) is 201 Å². The van der Waals surface area contributed by atoms with Crippen LogP contribution < -0.4 is 28.7 Å². The molecule has 12 rings (SSSR count). The summed E-state index contributed by atoms with van der Waals surface area (Å²) in [5.74, 6) is 4.07. The van der Waals surface area contributed by atoms with E-state index in [1.165, 1.54) is 42.5 Å². The Balaban J connectivity index is 0.000000297. The van der Waals surface area contributed by atoms with Crippen LogP contribution in [0.5, 0.6) is 52.3 Å². The number of rotatable bonds is 16. The molecule has 2 aliphatic heterocycles. The van der Waals surface area contributed by atoms with Gasteiger partial charge in [0.25, 0.3) is 0 Å². The highest BCUT2D eigenvalue weighted by Gasteiger charge is 2.63. The average molecular weight is 2030 g/mol. The van der Waals surface area contributed by atoms with Gasteiger partial charge in [-0.15, -0.1) is 0 Å². The number of aromatic hydroxyl groups is 1. The molecule has 120 heavy (non-hydrogen) atoms. The van der Waals surface area contributed by atoms with Crippen LogP contribution in [0.25, 0.3) is 14.5 Å². The highest BCUT2D eigenvalue weighted by atomic mass is 79.9. The number of pyridine rings is 5. The lowest BCUT2D eigenvalue weighted by atomic mass is 9.49. The summed E-state index contributed by atoms with van der Waals surface area (Å²) in [5, 5.41) is 27.7. The van der Waals surface area contributed by atoms with Crippen LogP contribution in [0.1, 0.15) is 133 Å². The van der Waals surface area contributed by atoms with E-state index in [2.05, 4.69) is 119 Å². The molecule has 0 unspecified atom stereocenters. The third-order valence-electron chi connectivity index (χ3n) is 16.7. The van der Waals surface area contributed by atoms with Gasteiger partial charge in [-0.1, -0.05) is 147 Å². The fourth-order valence-electron chi connectivity index (χ4n) is 9.15. The number of ether oxygens (including phenoxy) is 4. The van der Waals surface area contributed by atoms with Gasteiger partial charge in [-0.3, -0.25) is 24.0 Å². The van der Waals surface area contributed by atoms with Crippen molar-refractivity contribution in [1.29, 1.82) is 10.5 Å². The number of carbonyl (C=O) groups excluding carboxylic acids is 5. The molecule has 2 fully saturated rings. The van der Waals surface area contributed by atoms with Gasteiger partial charge >= 0.3 is 14.0 Å². The Hall–Kier alpha value is -10.2. The molecule has 0 aliphatic carbocycles. The predicted molar refractivity (Wildman–Crippen MR) is 483 cm³/mol. The molecule has 37 heteroatoms. The van der Waals surface area contributed by atoms with Crippen LogP contribution >= 0.6 is 126 Å². The Morgan fingerprint density at radius 2 is 0.733 bits per heavy atom. The predicted octanol–water partition coefficient (Wildman–Crippen LogP) is 24.5. The van der Waals surface area contributed by atoms with Crippen molar-refractivity contribution in [2.75, 3.05) is 38.0 Å².